The Morgan fingerprint density at radius 2 is 2.19 bits per heavy atom. The van der Waals surface area contributed by atoms with Crippen molar-refractivity contribution < 1.29 is 18.7 Å². The van der Waals surface area contributed by atoms with Crippen LogP contribution in [0.5, 0.6) is 5.75 Å². The van der Waals surface area contributed by atoms with Gasteiger partial charge in [-0.05, 0) is 69.4 Å². The highest BCUT2D eigenvalue weighted by Crippen LogP contribution is 2.33. The van der Waals surface area contributed by atoms with Crippen LogP contribution in [0.3, 0.4) is 0 Å². The fourth-order valence-electron chi connectivity index (χ4n) is 3.72. The molecule has 10 heteroatoms. The third-order valence-electron chi connectivity index (χ3n) is 5.56. The number of rotatable bonds is 3. The van der Waals surface area contributed by atoms with E-state index in [1.54, 1.807) is 4.90 Å². The van der Waals surface area contributed by atoms with Crippen molar-refractivity contribution in [3.8, 4) is 5.75 Å². The Morgan fingerprint density at radius 3 is 2.90 bits per heavy atom. The number of ether oxygens (including phenoxy) is 1. The number of likely N-dealkylation sites (N-methyl/N-ethyl adjacent to an activating group) is 1. The smallest absolute Gasteiger partial charge is 0.410 e. The number of thioether (sulfide) groups is 1. The van der Waals surface area contributed by atoms with Crippen LogP contribution in [0.1, 0.15) is 24.8 Å². The lowest BCUT2D eigenvalue weighted by atomic mass is 10.2. The van der Waals surface area contributed by atoms with Gasteiger partial charge in [0.2, 0.25) is 0 Å². The van der Waals surface area contributed by atoms with E-state index in [1.165, 1.54) is 36.0 Å². The number of hydrogen-bond acceptors (Lipinski definition) is 7. The van der Waals surface area contributed by atoms with Crippen LogP contribution in [0, 0.1) is 5.82 Å². The predicted molar refractivity (Wildman–Crippen MR) is 118 cm³/mol. The molecule has 4 rings (SSSR count). The molecule has 1 atom stereocenters. The van der Waals surface area contributed by atoms with Crippen molar-refractivity contribution in [3.63, 3.8) is 0 Å². The molecular weight excluding hydrogens is 421 g/mol. The third-order valence-corrected chi connectivity index (χ3v) is 6.57. The number of amidine groups is 1. The number of amides is 2. The summed E-state index contributed by atoms with van der Waals surface area (Å²) in [6, 6.07) is 4.19. The number of nitrogens with one attached hydrogen (secondary N) is 1. The molecule has 1 aromatic rings. The molecule has 0 bridgehead atoms. The topological polar surface area (TPSA) is 77.5 Å². The highest BCUT2D eigenvalue weighted by atomic mass is 32.2. The average molecular weight is 448 g/mol. The summed E-state index contributed by atoms with van der Waals surface area (Å²) < 4.78 is 19.5. The molecule has 3 aliphatic heterocycles. The highest BCUT2D eigenvalue weighted by Gasteiger charge is 2.30. The second-order valence-corrected chi connectivity index (χ2v) is 8.99. The molecule has 0 aromatic heterocycles. The highest BCUT2D eigenvalue weighted by molar-refractivity contribution is 8.18. The van der Waals surface area contributed by atoms with E-state index < -0.39 is 11.9 Å². The first-order chi connectivity index (χ1) is 14.9. The molecule has 2 amide bonds. The zero-order valence-corrected chi connectivity index (χ0v) is 18.5. The summed E-state index contributed by atoms with van der Waals surface area (Å²) in [5.41, 5.74) is 3.55. The maximum absolute atomic E-state index is 13.9. The number of halogens is 1. The van der Waals surface area contributed by atoms with Gasteiger partial charge in [0.15, 0.2) is 5.17 Å². The Labute approximate surface area is 185 Å². The molecule has 0 aliphatic carbocycles. The van der Waals surface area contributed by atoms with Crippen molar-refractivity contribution in [1.82, 2.24) is 20.2 Å². The Kier molecular flexibility index (Phi) is 6.59. The summed E-state index contributed by atoms with van der Waals surface area (Å²) in [5.74, 6) is -0.651. The molecule has 31 heavy (non-hydrogen) atoms. The molecule has 1 N–H and O–H groups in total. The number of benzene rings is 1. The van der Waals surface area contributed by atoms with Crippen LogP contribution in [-0.4, -0.2) is 78.3 Å². The fraction of sp³-hybridized carbons (Fsp3) is 0.476. The molecule has 0 spiro atoms. The molecule has 2 fully saturated rings. The summed E-state index contributed by atoms with van der Waals surface area (Å²) in [5, 5.41) is 2.45. The number of likely N-dealkylation sites (tertiary alicyclic amines) is 1. The second-order valence-electron chi connectivity index (χ2n) is 7.98. The van der Waals surface area contributed by atoms with Gasteiger partial charge >= 0.3 is 6.09 Å². The Bertz CT molecular complexity index is 930. The lowest BCUT2D eigenvalue weighted by Gasteiger charge is -2.28. The van der Waals surface area contributed by atoms with Gasteiger partial charge in [-0.1, -0.05) is 0 Å². The number of nitrogens with zero attached hydrogens (tertiary/aromatic N) is 4. The number of carbonyl (C=O) groups excluding carboxylic acids is 2. The van der Waals surface area contributed by atoms with Gasteiger partial charge in [0.25, 0.3) is 5.91 Å². The van der Waals surface area contributed by atoms with E-state index in [-0.39, 0.29) is 17.7 Å². The molecular formula is C21H26FN5O3S. The van der Waals surface area contributed by atoms with E-state index in [0.29, 0.717) is 28.7 Å². The summed E-state index contributed by atoms with van der Waals surface area (Å²) in [4.78, 5) is 33.3. The van der Waals surface area contributed by atoms with Crippen LogP contribution in [-0.2, 0) is 4.79 Å². The first kappa shape index (κ1) is 21.8. The first-order valence-corrected chi connectivity index (χ1v) is 11.2. The fourth-order valence-corrected chi connectivity index (χ4v) is 4.63. The van der Waals surface area contributed by atoms with Gasteiger partial charge in [-0.15, -0.1) is 0 Å². The molecule has 3 aliphatic rings. The van der Waals surface area contributed by atoms with E-state index in [2.05, 4.69) is 15.3 Å². The van der Waals surface area contributed by atoms with Crippen LogP contribution in [0.25, 0.3) is 6.08 Å². The van der Waals surface area contributed by atoms with Gasteiger partial charge in [0.1, 0.15) is 11.6 Å². The van der Waals surface area contributed by atoms with E-state index in [1.807, 2.05) is 19.1 Å². The molecule has 1 aromatic carbocycles. The number of aliphatic imine (C=N–C) groups is 1. The van der Waals surface area contributed by atoms with Gasteiger partial charge in [-0.3, -0.25) is 9.80 Å². The average Bonchev–Trinajstić information content (AvgIpc) is 3.38. The standard InChI is InChI=1S/C21H26FN5O3S/c1-25(2)16-7-10-26(13-16)21(29)30-17-6-5-15(22)11-14(17)12-18-19(28)24-20(31-18)27-9-4-3-8-23-27/h5-6,11-12,16,23H,3-4,7-10,13H2,1-2H3/b18-12+/t16-/m1/s1. The van der Waals surface area contributed by atoms with Crippen molar-refractivity contribution in [2.45, 2.75) is 25.3 Å². The summed E-state index contributed by atoms with van der Waals surface area (Å²) in [7, 11) is 3.96. The quantitative estimate of drug-likeness (QED) is 0.714. The van der Waals surface area contributed by atoms with Crippen LogP contribution >= 0.6 is 11.8 Å². The Hall–Kier alpha value is -2.43. The minimum absolute atomic E-state index is 0.213. The van der Waals surface area contributed by atoms with Gasteiger partial charge in [0.05, 0.1) is 4.91 Å². The molecule has 166 valence electrons. The Morgan fingerprint density at radius 1 is 1.35 bits per heavy atom. The van der Waals surface area contributed by atoms with Crippen molar-refractivity contribution in [1.29, 1.82) is 0 Å². The van der Waals surface area contributed by atoms with Gasteiger partial charge < -0.3 is 14.5 Å². The minimum Gasteiger partial charge on any atom is -0.410 e. The van der Waals surface area contributed by atoms with Crippen molar-refractivity contribution in [2.75, 3.05) is 40.3 Å². The van der Waals surface area contributed by atoms with Gasteiger partial charge in [-0.2, -0.15) is 4.99 Å². The molecule has 0 saturated carbocycles. The number of carbonyl (C=O) groups is 2. The lowest BCUT2D eigenvalue weighted by molar-refractivity contribution is -0.113. The third kappa shape index (κ3) is 5.08. The van der Waals surface area contributed by atoms with E-state index >= 15 is 0 Å². The van der Waals surface area contributed by atoms with Crippen molar-refractivity contribution in [2.24, 2.45) is 4.99 Å². The SMILES string of the molecule is CN(C)[C@@H]1CCN(C(=O)Oc2ccc(F)cc2/C=C2/SC(N3CCCCN3)=NC2=O)C1. The lowest BCUT2D eigenvalue weighted by Crippen LogP contribution is -2.45. The summed E-state index contributed by atoms with van der Waals surface area (Å²) >= 11 is 1.23. The largest absolute Gasteiger partial charge is 0.415 e. The van der Waals surface area contributed by atoms with E-state index in [4.69, 9.17) is 4.74 Å². The molecule has 3 heterocycles. The van der Waals surface area contributed by atoms with Gasteiger partial charge in [-0.25, -0.2) is 14.6 Å². The van der Waals surface area contributed by atoms with Crippen molar-refractivity contribution >= 4 is 35.0 Å². The maximum Gasteiger partial charge on any atom is 0.415 e. The van der Waals surface area contributed by atoms with Crippen LogP contribution in [0.2, 0.25) is 0 Å². The molecule has 8 nitrogen and oxygen atoms in total. The van der Waals surface area contributed by atoms with Crippen LogP contribution < -0.4 is 10.2 Å². The normalized spacial score (nSPS) is 23.1. The van der Waals surface area contributed by atoms with Crippen molar-refractivity contribution in [3.05, 3.63) is 34.5 Å². The van der Waals surface area contributed by atoms with E-state index in [0.717, 1.165) is 32.4 Å². The zero-order chi connectivity index (χ0) is 22.0. The molecule has 2 saturated heterocycles. The zero-order valence-electron chi connectivity index (χ0n) is 17.6. The van der Waals surface area contributed by atoms with E-state index in [9.17, 15) is 14.0 Å². The predicted octanol–water partition coefficient (Wildman–Crippen LogP) is 2.53. The minimum atomic E-state index is -0.477. The van der Waals surface area contributed by atoms with Crippen LogP contribution in [0.4, 0.5) is 9.18 Å². The number of hydrogen-bond donors (Lipinski definition) is 1. The Balaban J connectivity index is 1.49. The summed E-state index contributed by atoms with van der Waals surface area (Å²) in [6.07, 6.45) is 4.03. The maximum atomic E-state index is 13.9. The van der Waals surface area contributed by atoms with Crippen LogP contribution in [0.15, 0.2) is 28.1 Å². The first-order valence-electron chi connectivity index (χ1n) is 10.4. The molecule has 0 radical (unpaired) electrons. The number of hydrazine groups is 1. The monoisotopic (exact) mass is 447 g/mol. The molecule has 0 unspecified atom stereocenters. The second kappa shape index (κ2) is 9.37. The van der Waals surface area contributed by atoms with Gasteiger partial charge in [0, 0.05) is 37.8 Å². The summed E-state index contributed by atoms with van der Waals surface area (Å²) in [6.45, 7) is 2.80.